The normalized spacial score (nSPS) is 31.0. The van der Waals surface area contributed by atoms with Crippen LogP contribution < -0.4 is 0 Å². The van der Waals surface area contributed by atoms with Gasteiger partial charge in [0.2, 0.25) is 0 Å². The van der Waals surface area contributed by atoms with E-state index in [1.54, 1.807) is 28.1 Å². The van der Waals surface area contributed by atoms with E-state index in [1.165, 1.54) is 83.5 Å². The molecule has 2 heteroatoms. The SMILES string of the molecule is CC.CCC1CC=C2Cc3c(nc4c(c3C3CCCC3)C(C)CC3(CCC3)C4)C(C)C1C2.CF. The summed E-state index contributed by atoms with van der Waals surface area (Å²) in [7, 11) is 0.500. The minimum Gasteiger partial charge on any atom is -0.257 e. The molecule has 5 aliphatic rings. The van der Waals surface area contributed by atoms with E-state index in [9.17, 15) is 4.39 Å². The van der Waals surface area contributed by atoms with Gasteiger partial charge in [0.05, 0.1) is 7.18 Å². The smallest absolute Gasteiger partial charge is 0.0785 e. The Labute approximate surface area is 209 Å². The van der Waals surface area contributed by atoms with Crippen molar-refractivity contribution in [1.82, 2.24) is 4.98 Å². The Balaban J connectivity index is 0.000000652. The first-order valence-corrected chi connectivity index (χ1v) is 14.7. The summed E-state index contributed by atoms with van der Waals surface area (Å²) in [5.74, 6) is 3.85. The summed E-state index contributed by atoms with van der Waals surface area (Å²) in [6, 6.07) is 0. The fourth-order valence-electron chi connectivity index (χ4n) is 8.57. The van der Waals surface area contributed by atoms with Gasteiger partial charge in [-0.15, -0.1) is 0 Å². The van der Waals surface area contributed by atoms with E-state index >= 15 is 0 Å². The van der Waals surface area contributed by atoms with Gasteiger partial charge in [-0.3, -0.25) is 9.37 Å². The zero-order valence-corrected chi connectivity index (χ0v) is 23.0. The zero-order valence-electron chi connectivity index (χ0n) is 23.0. The number of alkyl halides is 1. The van der Waals surface area contributed by atoms with Crippen LogP contribution in [0.3, 0.4) is 0 Å². The van der Waals surface area contributed by atoms with E-state index in [0.29, 0.717) is 18.5 Å². The Morgan fingerprint density at radius 1 is 1.03 bits per heavy atom. The van der Waals surface area contributed by atoms with Gasteiger partial charge in [0.1, 0.15) is 0 Å². The second kappa shape index (κ2) is 10.8. The average molecular weight is 468 g/mol. The summed E-state index contributed by atoms with van der Waals surface area (Å²) in [5, 5.41) is 0. The molecule has 0 saturated heterocycles. The Hall–Kier alpha value is -1.18. The van der Waals surface area contributed by atoms with E-state index in [0.717, 1.165) is 23.7 Å². The predicted octanol–water partition coefficient (Wildman–Crippen LogP) is 9.59. The predicted molar refractivity (Wildman–Crippen MR) is 144 cm³/mol. The second-order valence-corrected chi connectivity index (χ2v) is 12.0. The van der Waals surface area contributed by atoms with E-state index < -0.39 is 0 Å². The number of rotatable bonds is 2. The molecular formula is C32H50FN. The van der Waals surface area contributed by atoms with Crippen molar-refractivity contribution in [1.29, 1.82) is 0 Å². The quantitative estimate of drug-likeness (QED) is 0.394. The van der Waals surface area contributed by atoms with E-state index in [-0.39, 0.29) is 0 Å². The van der Waals surface area contributed by atoms with Crippen LogP contribution in [0.5, 0.6) is 0 Å². The molecule has 2 fully saturated rings. The van der Waals surface area contributed by atoms with Crippen LogP contribution in [-0.4, -0.2) is 12.2 Å². The molecule has 1 aromatic heterocycles. The molecule has 2 bridgehead atoms. The molecule has 190 valence electrons. The maximum atomic E-state index is 9.50. The van der Waals surface area contributed by atoms with Crippen molar-refractivity contribution in [2.75, 3.05) is 7.18 Å². The van der Waals surface area contributed by atoms with Gasteiger partial charge in [0.25, 0.3) is 0 Å². The Morgan fingerprint density at radius 3 is 2.35 bits per heavy atom. The Bertz CT molecular complexity index is 873. The van der Waals surface area contributed by atoms with Crippen molar-refractivity contribution in [3.8, 4) is 0 Å². The molecule has 1 spiro atoms. The van der Waals surface area contributed by atoms with Crippen molar-refractivity contribution in [3.63, 3.8) is 0 Å². The largest absolute Gasteiger partial charge is 0.257 e. The van der Waals surface area contributed by atoms with Crippen LogP contribution in [0.2, 0.25) is 0 Å². The lowest BCUT2D eigenvalue weighted by atomic mass is 9.57. The number of fused-ring (bicyclic) bond motifs is 4. The molecule has 1 heterocycles. The lowest BCUT2D eigenvalue weighted by molar-refractivity contribution is 0.0974. The number of pyridine rings is 1. The van der Waals surface area contributed by atoms with Crippen LogP contribution in [0.4, 0.5) is 4.39 Å². The van der Waals surface area contributed by atoms with Crippen LogP contribution in [0.25, 0.3) is 0 Å². The average Bonchev–Trinajstić information content (AvgIpc) is 3.36. The number of hydrogen-bond acceptors (Lipinski definition) is 1. The van der Waals surface area contributed by atoms with E-state index in [2.05, 4.69) is 26.8 Å². The van der Waals surface area contributed by atoms with Crippen molar-refractivity contribution in [3.05, 3.63) is 39.7 Å². The number of allylic oxidation sites excluding steroid dienone is 2. The van der Waals surface area contributed by atoms with Gasteiger partial charge in [-0.2, -0.15) is 0 Å². The van der Waals surface area contributed by atoms with Gasteiger partial charge in [0.15, 0.2) is 0 Å². The number of hydrogen-bond donors (Lipinski definition) is 0. The molecule has 4 unspecified atom stereocenters. The molecule has 0 aromatic carbocycles. The molecule has 0 aliphatic heterocycles. The monoisotopic (exact) mass is 467 g/mol. The Morgan fingerprint density at radius 2 is 1.74 bits per heavy atom. The van der Waals surface area contributed by atoms with Gasteiger partial charge in [-0.1, -0.05) is 72.0 Å². The summed E-state index contributed by atoms with van der Waals surface area (Å²) in [5.41, 5.74) is 10.8. The molecule has 1 aromatic rings. The van der Waals surface area contributed by atoms with Crippen molar-refractivity contribution in [2.24, 2.45) is 17.3 Å². The lowest BCUT2D eigenvalue weighted by Gasteiger charge is -2.48. The maximum Gasteiger partial charge on any atom is 0.0785 e. The van der Waals surface area contributed by atoms with Gasteiger partial charge in [0, 0.05) is 17.3 Å². The third-order valence-corrected chi connectivity index (χ3v) is 10.3. The Kier molecular flexibility index (Phi) is 8.25. The highest BCUT2D eigenvalue weighted by Crippen LogP contribution is 2.57. The number of aromatic nitrogens is 1. The third-order valence-electron chi connectivity index (χ3n) is 10.3. The molecule has 4 atom stereocenters. The zero-order chi connectivity index (χ0) is 24.5. The van der Waals surface area contributed by atoms with Crippen LogP contribution in [0.1, 0.15) is 151 Å². The van der Waals surface area contributed by atoms with Crippen LogP contribution in [-0.2, 0) is 12.8 Å². The number of nitrogens with zero attached hydrogens (tertiary/aromatic N) is 1. The van der Waals surface area contributed by atoms with Crippen molar-refractivity contribution >= 4 is 0 Å². The van der Waals surface area contributed by atoms with Crippen LogP contribution in [0.15, 0.2) is 11.6 Å². The molecular weight excluding hydrogens is 417 g/mol. The fourth-order valence-corrected chi connectivity index (χ4v) is 8.57. The highest BCUT2D eigenvalue weighted by Gasteiger charge is 2.46. The van der Waals surface area contributed by atoms with Gasteiger partial charge >= 0.3 is 0 Å². The molecule has 5 aliphatic carbocycles. The van der Waals surface area contributed by atoms with E-state index in [4.69, 9.17) is 4.98 Å². The molecule has 34 heavy (non-hydrogen) atoms. The van der Waals surface area contributed by atoms with Crippen molar-refractivity contribution < 1.29 is 4.39 Å². The first-order valence-electron chi connectivity index (χ1n) is 14.7. The topological polar surface area (TPSA) is 12.9 Å². The van der Waals surface area contributed by atoms with Gasteiger partial charge in [-0.25, -0.2) is 0 Å². The summed E-state index contributed by atoms with van der Waals surface area (Å²) >= 11 is 0. The molecule has 0 N–H and O–H groups in total. The summed E-state index contributed by atoms with van der Waals surface area (Å²) in [6.45, 7) is 11.5. The highest BCUT2D eigenvalue weighted by molar-refractivity contribution is 5.50. The van der Waals surface area contributed by atoms with Crippen molar-refractivity contribution in [2.45, 2.75) is 136 Å². The minimum atomic E-state index is 0.500. The number of halogens is 1. The molecule has 1 nitrogen and oxygen atoms in total. The molecule has 2 saturated carbocycles. The first-order chi connectivity index (χ1) is 16.6. The van der Waals surface area contributed by atoms with Gasteiger partial charge in [-0.05, 0) is 104 Å². The minimum absolute atomic E-state index is 0.500. The molecule has 0 amide bonds. The summed E-state index contributed by atoms with van der Waals surface area (Å²) in [4.78, 5) is 5.66. The maximum absolute atomic E-state index is 9.50. The van der Waals surface area contributed by atoms with Gasteiger partial charge < -0.3 is 0 Å². The van der Waals surface area contributed by atoms with Crippen LogP contribution in [0, 0.1) is 17.3 Å². The third kappa shape index (κ3) is 4.41. The first kappa shape index (κ1) is 25.9. The second-order valence-electron chi connectivity index (χ2n) is 12.0. The fraction of sp³-hybridized carbons (Fsp3) is 0.781. The summed E-state index contributed by atoms with van der Waals surface area (Å²) in [6.07, 6.45) is 20.6. The standard InChI is InChI=1S/C29H41N.C2H6.CH3F/c1-4-21-11-10-20-14-23(21)19(3)28-24(15-20)27(22-8-5-6-9-22)26-18(2)16-29(12-7-13-29)17-25(26)30-28;2*1-2/h10,18-19,21-23H,4-9,11-17H2,1-3H3;1-2H3;1H3. The lowest BCUT2D eigenvalue weighted by Crippen LogP contribution is -2.38. The van der Waals surface area contributed by atoms with Crippen LogP contribution >= 0.6 is 0 Å². The highest BCUT2D eigenvalue weighted by atomic mass is 19.1. The van der Waals surface area contributed by atoms with E-state index in [1.807, 2.05) is 19.4 Å². The molecule has 0 radical (unpaired) electrons. The summed E-state index contributed by atoms with van der Waals surface area (Å²) < 4.78 is 9.50. The molecule has 6 rings (SSSR count).